The molecule has 1 amide bonds. The first-order chi connectivity index (χ1) is 13.8. The van der Waals surface area contributed by atoms with Gasteiger partial charge in [-0.25, -0.2) is 9.97 Å². The Morgan fingerprint density at radius 3 is 2.79 bits per heavy atom. The molecule has 1 N–H and O–H groups in total. The minimum Gasteiger partial charge on any atom is -0.370 e. The van der Waals surface area contributed by atoms with E-state index in [2.05, 4.69) is 42.0 Å². The number of ether oxygens (including phenoxy) is 1. The normalized spacial score (nSPS) is 15.3. The second-order valence-electron chi connectivity index (χ2n) is 7.55. The van der Waals surface area contributed by atoms with Crippen LogP contribution in [-0.4, -0.2) is 27.2 Å². The summed E-state index contributed by atoms with van der Waals surface area (Å²) in [5.41, 5.74) is 1.86. The highest BCUT2D eigenvalue weighted by molar-refractivity contribution is 9.10. The van der Waals surface area contributed by atoms with E-state index in [0.29, 0.717) is 12.4 Å². The van der Waals surface area contributed by atoms with Gasteiger partial charge >= 0.3 is 0 Å². The van der Waals surface area contributed by atoms with Crippen molar-refractivity contribution in [3.63, 3.8) is 0 Å². The molecule has 0 bridgehead atoms. The van der Waals surface area contributed by atoms with Crippen LogP contribution in [-0.2, 0) is 29.0 Å². The topological polar surface area (TPSA) is 64.1 Å². The molecule has 4 rings (SSSR count). The van der Waals surface area contributed by atoms with Gasteiger partial charge in [-0.2, -0.15) is 0 Å². The number of nitrogens with one attached hydrogen (secondary N) is 1. The molecular weight excluding hydrogens is 470 g/mol. The van der Waals surface area contributed by atoms with Gasteiger partial charge in [-0.1, -0.05) is 34.6 Å². The molecule has 3 aromatic rings. The zero-order valence-electron chi connectivity index (χ0n) is 16.5. The van der Waals surface area contributed by atoms with Gasteiger partial charge in [-0.15, -0.1) is 11.3 Å². The number of carbonyl (C=O) groups is 1. The smallest absolute Gasteiger partial charge is 0.234 e. The summed E-state index contributed by atoms with van der Waals surface area (Å²) in [5.74, 6) is 1.07. The number of rotatable bonds is 5. The summed E-state index contributed by atoms with van der Waals surface area (Å²) < 4.78 is 6.96. The van der Waals surface area contributed by atoms with Crippen molar-refractivity contribution in [2.75, 3.05) is 11.1 Å². The van der Waals surface area contributed by atoms with Crippen molar-refractivity contribution in [2.45, 2.75) is 50.8 Å². The molecule has 29 heavy (non-hydrogen) atoms. The van der Waals surface area contributed by atoms with Crippen LogP contribution >= 0.6 is 39.0 Å². The SMILES string of the molecule is CCc1nc(SCC(=O)Nc2ccc(Br)cc2)c2c3c(sc2n1)COC(C)(C)C3. The van der Waals surface area contributed by atoms with Crippen molar-refractivity contribution in [3.05, 3.63) is 45.0 Å². The minimum atomic E-state index is -0.203. The molecule has 1 aliphatic rings. The predicted molar refractivity (Wildman–Crippen MR) is 123 cm³/mol. The maximum atomic E-state index is 12.5. The van der Waals surface area contributed by atoms with E-state index in [-0.39, 0.29) is 11.5 Å². The molecule has 0 saturated carbocycles. The van der Waals surface area contributed by atoms with E-state index in [1.165, 1.54) is 22.2 Å². The number of hydrogen-bond donors (Lipinski definition) is 1. The minimum absolute atomic E-state index is 0.0464. The van der Waals surface area contributed by atoms with Gasteiger partial charge in [0.1, 0.15) is 15.7 Å². The second kappa shape index (κ2) is 8.34. The monoisotopic (exact) mass is 491 g/mol. The fourth-order valence-corrected chi connectivity index (χ4v) is 5.61. The van der Waals surface area contributed by atoms with Crippen LogP contribution in [0.5, 0.6) is 0 Å². The summed E-state index contributed by atoms with van der Waals surface area (Å²) in [6.07, 6.45) is 1.59. The molecule has 2 aromatic heterocycles. The molecule has 0 spiro atoms. The average Bonchev–Trinajstić information content (AvgIpc) is 3.04. The molecule has 0 saturated heterocycles. The maximum absolute atomic E-state index is 12.5. The van der Waals surface area contributed by atoms with Crippen molar-refractivity contribution in [1.82, 2.24) is 9.97 Å². The fourth-order valence-electron chi connectivity index (χ4n) is 3.28. The van der Waals surface area contributed by atoms with Crippen LogP contribution in [0.4, 0.5) is 5.69 Å². The van der Waals surface area contributed by atoms with Gasteiger partial charge in [-0.05, 0) is 43.7 Å². The molecule has 0 aliphatic carbocycles. The number of hydrogen-bond acceptors (Lipinski definition) is 6. The van der Waals surface area contributed by atoms with Crippen LogP contribution in [0.2, 0.25) is 0 Å². The van der Waals surface area contributed by atoms with Crippen molar-refractivity contribution in [1.29, 1.82) is 0 Å². The Bertz CT molecular complexity index is 1060. The summed E-state index contributed by atoms with van der Waals surface area (Å²) in [4.78, 5) is 24.2. The van der Waals surface area contributed by atoms with E-state index in [1.54, 1.807) is 11.3 Å². The van der Waals surface area contributed by atoms with Crippen molar-refractivity contribution in [3.8, 4) is 0 Å². The van der Waals surface area contributed by atoms with Crippen molar-refractivity contribution in [2.24, 2.45) is 0 Å². The first-order valence-corrected chi connectivity index (χ1v) is 12.1. The van der Waals surface area contributed by atoms with Crippen LogP contribution < -0.4 is 5.32 Å². The first kappa shape index (κ1) is 20.8. The molecule has 1 aromatic carbocycles. The lowest BCUT2D eigenvalue weighted by atomic mass is 9.95. The van der Waals surface area contributed by atoms with Gasteiger partial charge in [0.25, 0.3) is 0 Å². The third kappa shape index (κ3) is 4.66. The summed E-state index contributed by atoms with van der Waals surface area (Å²) in [6.45, 7) is 6.88. The third-order valence-electron chi connectivity index (χ3n) is 4.73. The Morgan fingerprint density at radius 1 is 1.31 bits per heavy atom. The number of aromatic nitrogens is 2. The molecule has 0 atom stereocenters. The Hall–Kier alpha value is -1.48. The van der Waals surface area contributed by atoms with E-state index < -0.39 is 0 Å². The quantitative estimate of drug-likeness (QED) is 0.371. The van der Waals surface area contributed by atoms with E-state index in [9.17, 15) is 4.79 Å². The number of thioether (sulfide) groups is 1. The van der Waals surface area contributed by atoms with Crippen LogP contribution in [0.25, 0.3) is 10.2 Å². The summed E-state index contributed by atoms with van der Waals surface area (Å²) >= 11 is 6.57. The van der Waals surface area contributed by atoms with Gasteiger partial charge < -0.3 is 10.1 Å². The molecular formula is C21H22BrN3O2S2. The summed E-state index contributed by atoms with van der Waals surface area (Å²) in [7, 11) is 0. The number of benzene rings is 1. The molecule has 8 heteroatoms. The van der Waals surface area contributed by atoms with Gasteiger partial charge in [0.05, 0.1) is 18.0 Å². The fraction of sp³-hybridized carbons (Fsp3) is 0.381. The molecule has 0 fully saturated rings. The number of fused-ring (bicyclic) bond motifs is 3. The summed E-state index contributed by atoms with van der Waals surface area (Å²) in [5, 5.41) is 4.94. The van der Waals surface area contributed by atoms with Gasteiger partial charge in [-0.3, -0.25) is 4.79 Å². The Labute approximate surface area is 186 Å². The van der Waals surface area contributed by atoms with Crippen molar-refractivity contribution >= 4 is 60.8 Å². The molecule has 3 heterocycles. The number of carbonyl (C=O) groups excluding carboxylic acids is 1. The molecule has 152 valence electrons. The summed E-state index contributed by atoms with van der Waals surface area (Å²) in [6, 6.07) is 7.57. The Morgan fingerprint density at radius 2 is 2.07 bits per heavy atom. The molecule has 1 aliphatic heterocycles. The molecule has 0 unspecified atom stereocenters. The second-order valence-corrected chi connectivity index (χ2v) is 10.5. The number of amides is 1. The van der Waals surface area contributed by atoms with Crippen LogP contribution in [0.15, 0.2) is 33.8 Å². The Kier molecular flexibility index (Phi) is 5.97. The number of nitrogens with zero attached hydrogens (tertiary/aromatic N) is 2. The van der Waals surface area contributed by atoms with Gasteiger partial charge in [0.2, 0.25) is 5.91 Å². The maximum Gasteiger partial charge on any atom is 0.234 e. The highest BCUT2D eigenvalue weighted by Crippen LogP contribution is 2.41. The number of thiophene rings is 1. The molecule has 0 radical (unpaired) electrons. The lowest BCUT2D eigenvalue weighted by Gasteiger charge is -2.30. The van der Waals surface area contributed by atoms with Crippen molar-refractivity contribution < 1.29 is 9.53 Å². The van der Waals surface area contributed by atoms with Gasteiger partial charge in [0.15, 0.2) is 0 Å². The van der Waals surface area contributed by atoms with E-state index in [4.69, 9.17) is 14.7 Å². The molecule has 5 nitrogen and oxygen atoms in total. The Balaban J connectivity index is 1.59. The van der Waals surface area contributed by atoms with Gasteiger partial charge in [0, 0.05) is 33.3 Å². The first-order valence-electron chi connectivity index (χ1n) is 9.48. The largest absolute Gasteiger partial charge is 0.370 e. The zero-order valence-corrected chi connectivity index (χ0v) is 19.8. The van der Waals surface area contributed by atoms with Crippen LogP contribution in [0.1, 0.15) is 37.0 Å². The van der Waals surface area contributed by atoms with Crippen LogP contribution in [0.3, 0.4) is 0 Å². The highest BCUT2D eigenvalue weighted by atomic mass is 79.9. The lowest BCUT2D eigenvalue weighted by molar-refractivity contribution is -0.113. The third-order valence-corrected chi connectivity index (χ3v) is 7.33. The van der Waals surface area contributed by atoms with E-state index in [0.717, 1.165) is 44.1 Å². The number of anilines is 1. The zero-order chi connectivity index (χ0) is 20.6. The lowest BCUT2D eigenvalue weighted by Crippen LogP contribution is -2.31. The number of aryl methyl sites for hydroxylation is 1. The van der Waals surface area contributed by atoms with Crippen LogP contribution in [0, 0.1) is 0 Å². The van der Waals surface area contributed by atoms with E-state index >= 15 is 0 Å². The average molecular weight is 492 g/mol. The standard InChI is InChI=1S/C21H22BrN3O2S2/c1-4-16-24-19(28-11-17(26)23-13-7-5-12(22)6-8-13)18-14-9-21(2,3)27-10-15(14)29-20(18)25-16/h5-8H,4,9-11H2,1-3H3,(H,23,26). The number of halogens is 1. The predicted octanol–water partition coefficient (Wildman–Crippen LogP) is 5.60. The van der Waals surface area contributed by atoms with E-state index in [1.807, 2.05) is 24.3 Å². The highest BCUT2D eigenvalue weighted by Gasteiger charge is 2.31.